The van der Waals surface area contributed by atoms with Gasteiger partial charge >= 0.3 is 5.69 Å². The fourth-order valence-corrected chi connectivity index (χ4v) is 1.27. The topological polar surface area (TPSA) is 122 Å². The molecule has 18 heavy (non-hydrogen) atoms. The van der Waals surface area contributed by atoms with E-state index >= 15 is 0 Å². The van der Waals surface area contributed by atoms with Crippen LogP contribution in [0.5, 0.6) is 0 Å². The molecule has 0 aromatic carbocycles. The molecule has 0 amide bonds. The van der Waals surface area contributed by atoms with Crippen molar-refractivity contribution in [1.29, 1.82) is 0 Å². The summed E-state index contributed by atoms with van der Waals surface area (Å²) >= 11 is 0. The molecule has 1 rings (SSSR count). The van der Waals surface area contributed by atoms with E-state index in [4.69, 9.17) is 9.84 Å². The van der Waals surface area contributed by atoms with Crippen LogP contribution in [0, 0.1) is 10.1 Å². The summed E-state index contributed by atoms with van der Waals surface area (Å²) < 4.78 is 5.02. The lowest BCUT2D eigenvalue weighted by Crippen LogP contribution is -2.14. The van der Waals surface area contributed by atoms with E-state index in [1.54, 1.807) is 7.05 Å². The zero-order valence-electron chi connectivity index (χ0n) is 9.92. The van der Waals surface area contributed by atoms with E-state index in [2.05, 4.69) is 20.6 Å². The molecule has 100 valence electrons. The second kappa shape index (κ2) is 7.35. The second-order valence-corrected chi connectivity index (χ2v) is 3.19. The van der Waals surface area contributed by atoms with Gasteiger partial charge in [-0.2, -0.15) is 0 Å². The summed E-state index contributed by atoms with van der Waals surface area (Å²) in [4.78, 5) is 18.0. The van der Waals surface area contributed by atoms with Gasteiger partial charge in [0.1, 0.15) is 6.33 Å². The van der Waals surface area contributed by atoms with Crippen molar-refractivity contribution in [2.75, 3.05) is 44.0 Å². The van der Waals surface area contributed by atoms with Gasteiger partial charge in [-0.1, -0.05) is 0 Å². The predicted octanol–water partition coefficient (Wildman–Crippen LogP) is -0.153. The molecular formula is C9H15N5O4. The van der Waals surface area contributed by atoms with Crippen LogP contribution in [0.1, 0.15) is 0 Å². The lowest BCUT2D eigenvalue weighted by Gasteiger charge is -2.08. The molecule has 1 aromatic rings. The zero-order chi connectivity index (χ0) is 13.4. The van der Waals surface area contributed by atoms with Gasteiger partial charge < -0.3 is 20.5 Å². The zero-order valence-corrected chi connectivity index (χ0v) is 9.92. The smallest absolute Gasteiger partial charge is 0.353 e. The fourth-order valence-electron chi connectivity index (χ4n) is 1.27. The standard InChI is InChI=1S/C9H15N5O4/c1-10-8-7(14(16)17)9(13-6-12-8)11-2-4-18-5-3-15/h6,15H,2-5H2,1H3,(H2,10,11,12,13). The summed E-state index contributed by atoms with van der Waals surface area (Å²) in [5.74, 6) is 0.278. The highest BCUT2D eigenvalue weighted by molar-refractivity contribution is 5.68. The van der Waals surface area contributed by atoms with Crippen LogP contribution in [0.3, 0.4) is 0 Å². The van der Waals surface area contributed by atoms with Gasteiger partial charge in [0.2, 0.25) is 11.6 Å². The van der Waals surface area contributed by atoms with Gasteiger partial charge in [-0.3, -0.25) is 10.1 Å². The normalized spacial score (nSPS) is 10.1. The highest BCUT2D eigenvalue weighted by Gasteiger charge is 2.21. The maximum Gasteiger partial charge on any atom is 0.353 e. The van der Waals surface area contributed by atoms with Gasteiger partial charge in [0.05, 0.1) is 24.7 Å². The first kappa shape index (κ1) is 14.1. The summed E-state index contributed by atoms with van der Waals surface area (Å²) in [5, 5.41) is 24.8. The first-order valence-corrected chi connectivity index (χ1v) is 5.30. The van der Waals surface area contributed by atoms with Gasteiger partial charge in [-0.25, -0.2) is 9.97 Å². The average molecular weight is 257 g/mol. The number of nitrogens with zero attached hydrogens (tertiary/aromatic N) is 3. The van der Waals surface area contributed by atoms with Crippen molar-refractivity contribution in [3.63, 3.8) is 0 Å². The number of aliphatic hydroxyl groups excluding tert-OH is 1. The Morgan fingerprint density at radius 1 is 1.44 bits per heavy atom. The molecule has 0 radical (unpaired) electrons. The Morgan fingerprint density at radius 3 is 2.78 bits per heavy atom. The van der Waals surface area contributed by atoms with E-state index in [-0.39, 0.29) is 30.5 Å². The number of anilines is 2. The van der Waals surface area contributed by atoms with Crippen molar-refractivity contribution in [3.05, 3.63) is 16.4 Å². The monoisotopic (exact) mass is 257 g/mol. The molecule has 0 aliphatic carbocycles. The molecular weight excluding hydrogens is 242 g/mol. The first-order valence-electron chi connectivity index (χ1n) is 5.30. The second-order valence-electron chi connectivity index (χ2n) is 3.19. The van der Waals surface area contributed by atoms with E-state index in [1.807, 2.05) is 0 Å². The molecule has 0 aliphatic heterocycles. The number of aliphatic hydroxyl groups is 1. The molecule has 9 heteroatoms. The van der Waals surface area contributed by atoms with Gasteiger partial charge in [0, 0.05) is 13.6 Å². The number of aromatic nitrogens is 2. The third-order valence-electron chi connectivity index (χ3n) is 2.02. The summed E-state index contributed by atoms with van der Waals surface area (Å²) in [6, 6.07) is 0. The lowest BCUT2D eigenvalue weighted by molar-refractivity contribution is -0.383. The predicted molar refractivity (Wildman–Crippen MR) is 64.6 cm³/mol. The SMILES string of the molecule is CNc1ncnc(NCCOCCO)c1[N+](=O)[O-]. The molecule has 0 saturated carbocycles. The summed E-state index contributed by atoms with van der Waals surface area (Å²) in [6.45, 7) is 0.838. The Balaban J connectivity index is 2.67. The van der Waals surface area contributed by atoms with Gasteiger partial charge in [-0.05, 0) is 0 Å². The van der Waals surface area contributed by atoms with Crippen molar-refractivity contribution in [3.8, 4) is 0 Å². The Labute approximate surface area is 103 Å². The van der Waals surface area contributed by atoms with E-state index in [9.17, 15) is 10.1 Å². The maximum atomic E-state index is 10.9. The number of hydrogen-bond acceptors (Lipinski definition) is 8. The van der Waals surface area contributed by atoms with E-state index in [1.165, 1.54) is 6.33 Å². The molecule has 1 heterocycles. The highest BCUT2D eigenvalue weighted by atomic mass is 16.6. The molecule has 0 unspecified atom stereocenters. The maximum absolute atomic E-state index is 10.9. The molecule has 0 saturated heterocycles. The molecule has 1 aromatic heterocycles. The Kier molecular flexibility index (Phi) is 5.74. The molecule has 3 N–H and O–H groups in total. The number of rotatable bonds is 8. The summed E-state index contributed by atoms with van der Waals surface area (Å²) in [6.07, 6.45) is 1.23. The Morgan fingerprint density at radius 2 is 2.17 bits per heavy atom. The minimum absolute atomic E-state index is 0.0580. The first-order chi connectivity index (χ1) is 8.70. The molecule has 0 bridgehead atoms. The summed E-state index contributed by atoms with van der Waals surface area (Å²) in [5.41, 5.74) is -0.206. The molecule has 0 fully saturated rings. The number of nitrogens with one attached hydrogen (secondary N) is 2. The van der Waals surface area contributed by atoms with Crippen LogP contribution in [0.15, 0.2) is 6.33 Å². The summed E-state index contributed by atoms with van der Waals surface area (Å²) in [7, 11) is 1.55. The van der Waals surface area contributed by atoms with Crippen LogP contribution in [-0.4, -0.2) is 53.4 Å². The number of ether oxygens (including phenoxy) is 1. The van der Waals surface area contributed by atoms with Crippen LogP contribution in [0.25, 0.3) is 0 Å². The molecule has 0 atom stereocenters. The third kappa shape index (κ3) is 3.79. The minimum Gasteiger partial charge on any atom is -0.394 e. The third-order valence-corrected chi connectivity index (χ3v) is 2.02. The number of hydrogen-bond donors (Lipinski definition) is 3. The van der Waals surface area contributed by atoms with Gasteiger partial charge in [0.25, 0.3) is 0 Å². The number of nitro groups is 1. The Bertz CT molecular complexity index is 401. The van der Waals surface area contributed by atoms with Crippen molar-refractivity contribution >= 4 is 17.3 Å². The largest absolute Gasteiger partial charge is 0.394 e. The van der Waals surface area contributed by atoms with Crippen LogP contribution in [0.4, 0.5) is 17.3 Å². The minimum atomic E-state index is -0.553. The van der Waals surface area contributed by atoms with Crippen LogP contribution in [-0.2, 0) is 4.74 Å². The molecule has 9 nitrogen and oxygen atoms in total. The van der Waals surface area contributed by atoms with E-state index < -0.39 is 4.92 Å². The molecule has 0 spiro atoms. The molecule has 0 aliphatic rings. The Hall–Kier alpha value is -2.00. The van der Waals surface area contributed by atoms with E-state index in [0.29, 0.717) is 13.2 Å². The van der Waals surface area contributed by atoms with Gasteiger partial charge in [0.15, 0.2) is 0 Å². The van der Waals surface area contributed by atoms with Crippen LogP contribution < -0.4 is 10.6 Å². The van der Waals surface area contributed by atoms with Crippen LogP contribution in [0.2, 0.25) is 0 Å². The van der Waals surface area contributed by atoms with Crippen molar-refractivity contribution in [1.82, 2.24) is 9.97 Å². The van der Waals surface area contributed by atoms with E-state index in [0.717, 1.165) is 0 Å². The van der Waals surface area contributed by atoms with Crippen molar-refractivity contribution in [2.45, 2.75) is 0 Å². The van der Waals surface area contributed by atoms with Crippen molar-refractivity contribution in [2.24, 2.45) is 0 Å². The van der Waals surface area contributed by atoms with Crippen molar-refractivity contribution < 1.29 is 14.8 Å². The van der Waals surface area contributed by atoms with Crippen LogP contribution >= 0.6 is 0 Å². The van der Waals surface area contributed by atoms with Gasteiger partial charge in [-0.15, -0.1) is 0 Å². The quantitative estimate of drug-likeness (QED) is 0.334. The fraction of sp³-hybridized carbons (Fsp3) is 0.556. The average Bonchev–Trinajstić information content (AvgIpc) is 2.37. The highest BCUT2D eigenvalue weighted by Crippen LogP contribution is 2.27. The lowest BCUT2D eigenvalue weighted by atomic mass is 10.4.